The third kappa shape index (κ3) is 8.42. The van der Waals surface area contributed by atoms with Gasteiger partial charge in [0.25, 0.3) is 0 Å². The molecule has 2 saturated heterocycles. The number of benzene rings is 1. The fraction of sp³-hybridized carbons (Fsp3) is 0.611. The lowest BCUT2D eigenvalue weighted by atomic mass is 10.1. The van der Waals surface area contributed by atoms with Crippen molar-refractivity contribution in [3.8, 4) is 0 Å². The number of halogens is 3. The summed E-state index contributed by atoms with van der Waals surface area (Å²) in [5.41, 5.74) is 2.53. The van der Waals surface area contributed by atoms with Crippen molar-refractivity contribution >= 4 is 43.1 Å². The van der Waals surface area contributed by atoms with Gasteiger partial charge in [0.05, 0.1) is 6.54 Å². The summed E-state index contributed by atoms with van der Waals surface area (Å²) in [6.45, 7) is 8.50. The van der Waals surface area contributed by atoms with Crippen LogP contribution in [-0.4, -0.2) is 61.5 Å². The number of nitrogens with zero attached hydrogens (tertiary/aromatic N) is 2. The molecule has 0 bridgehead atoms. The highest BCUT2D eigenvalue weighted by Gasteiger charge is 2.13. The van der Waals surface area contributed by atoms with Gasteiger partial charge in [-0.05, 0) is 37.1 Å². The second-order valence-corrected chi connectivity index (χ2v) is 6.60. The van der Waals surface area contributed by atoms with Gasteiger partial charge in [-0.25, -0.2) is 0 Å². The van der Waals surface area contributed by atoms with Crippen LogP contribution in [0.4, 0.5) is 0 Å². The van der Waals surface area contributed by atoms with E-state index in [-0.39, 0.29) is 43.1 Å². The van der Waals surface area contributed by atoms with Gasteiger partial charge in [-0.3, -0.25) is 14.6 Å². The molecule has 1 amide bonds. The minimum absolute atomic E-state index is 0. The summed E-state index contributed by atoms with van der Waals surface area (Å²) in [5, 5.41) is 6.33. The van der Waals surface area contributed by atoms with E-state index in [1.165, 1.54) is 37.1 Å². The van der Waals surface area contributed by atoms with Crippen molar-refractivity contribution in [2.45, 2.75) is 25.9 Å². The zero-order valence-corrected chi connectivity index (χ0v) is 17.6. The molecule has 0 radical (unpaired) electrons. The lowest BCUT2D eigenvalue weighted by Crippen LogP contribution is -2.47. The fourth-order valence-corrected chi connectivity index (χ4v) is 3.29. The molecule has 2 fully saturated rings. The Hall–Kier alpha value is -0.560. The lowest BCUT2D eigenvalue weighted by molar-refractivity contribution is -0.122. The Morgan fingerprint density at radius 3 is 2.08 bits per heavy atom. The van der Waals surface area contributed by atoms with E-state index in [9.17, 15) is 4.79 Å². The Balaban J connectivity index is 0.00000208. The first kappa shape index (κ1) is 25.4. The van der Waals surface area contributed by atoms with Crippen LogP contribution in [0.2, 0.25) is 0 Å². The molecule has 1 aromatic carbocycles. The Labute approximate surface area is 175 Å². The number of carbonyl (C=O) groups is 1. The first-order chi connectivity index (χ1) is 11.3. The number of hydrogen-bond acceptors (Lipinski definition) is 4. The smallest absolute Gasteiger partial charge is 0.234 e. The van der Waals surface area contributed by atoms with Crippen molar-refractivity contribution in [2.75, 3.05) is 45.8 Å². The summed E-state index contributed by atoms with van der Waals surface area (Å²) in [4.78, 5) is 16.7. The molecule has 2 aliphatic rings. The van der Waals surface area contributed by atoms with E-state index in [4.69, 9.17) is 0 Å². The summed E-state index contributed by atoms with van der Waals surface area (Å²) < 4.78 is 0. The molecule has 3 rings (SSSR count). The van der Waals surface area contributed by atoms with Crippen molar-refractivity contribution < 1.29 is 4.79 Å². The molecule has 0 aliphatic carbocycles. The summed E-state index contributed by atoms with van der Waals surface area (Å²) >= 11 is 0. The minimum atomic E-state index is 0. The number of carbonyl (C=O) groups excluding carboxylic acids is 1. The lowest BCUT2D eigenvalue weighted by Gasteiger charge is -2.26. The SMILES string of the molecule is Cl.Cl.Cl.O=C(CN1CCNCC1)NCc1ccc(CN2CCCC2)cc1. The molecule has 8 heteroatoms. The Morgan fingerprint density at radius 2 is 1.46 bits per heavy atom. The van der Waals surface area contributed by atoms with Crippen LogP contribution < -0.4 is 10.6 Å². The molecule has 0 spiro atoms. The first-order valence-corrected chi connectivity index (χ1v) is 8.79. The Morgan fingerprint density at radius 1 is 0.885 bits per heavy atom. The van der Waals surface area contributed by atoms with E-state index in [1.54, 1.807) is 0 Å². The zero-order valence-electron chi connectivity index (χ0n) is 15.1. The van der Waals surface area contributed by atoms with Crippen molar-refractivity contribution in [3.63, 3.8) is 0 Å². The summed E-state index contributed by atoms with van der Waals surface area (Å²) in [6.07, 6.45) is 2.66. The maximum Gasteiger partial charge on any atom is 0.234 e. The van der Waals surface area contributed by atoms with Gasteiger partial charge >= 0.3 is 0 Å². The molecule has 26 heavy (non-hydrogen) atoms. The number of hydrogen-bond donors (Lipinski definition) is 2. The molecule has 2 heterocycles. The van der Waals surface area contributed by atoms with Gasteiger partial charge in [0.15, 0.2) is 0 Å². The Bertz CT molecular complexity index is 504. The van der Waals surface area contributed by atoms with Gasteiger partial charge in [0, 0.05) is 39.3 Å². The molecule has 5 nitrogen and oxygen atoms in total. The van der Waals surface area contributed by atoms with Crippen LogP contribution >= 0.6 is 37.2 Å². The number of piperazine rings is 1. The topological polar surface area (TPSA) is 47.6 Å². The zero-order chi connectivity index (χ0) is 15.9. The maximum atomic E-state index is 12.0. The van der Waals surface area contributed by atoms with Crippen LogP contribution in [0.25, 0.3) is 0 Å². The van der Waals surface area contributed by atoms with Gasteiger partial charge in [-0.2, -0.15) is 0 Å². The number of nitrogens with one attached hydrogen (secondary N) is 2. The maximum absolute atomic E-state index is 12.0. The molecular formula is C18H31Cl3N4O. The van der Waals surface area contributed by atoms with E-state index >= 15 is 0 Å². The number of amides is 1. The normalized spacial score (nSPS) is 17.5. The number of likely N-dealkylation sites (tertiary alicyclic amines) is 1. The molecule has 150 valence electrons. The highest BCUT2D eigenvalue weighted by Crippen LogP contribution is 2.13. The standard InChI is InChI=1S/C18H28N4O.3ClH/c23-18(15-22-11-7-19-8-12-22)20-13-16-3-5-17(6-4-16)14-21-9-1-2-10-21;;;/h3-6,19H,1-2,7-15H2,(H,20,23);3*1H. The van der Waals surface area contributed by atoms with Gasteiger partial charge in [-0.1, -0.05) is 24.3 Å². The Kier molecular flexibility index (Phi) is 13.3. The average Bonchev–Trinajstić information content (AvgIpc) is 3.08. The quantitative estimate of drug-likeness (QED) is 0.732. The monoisotopic (exact) mass is 424 g/mol. The van der Waals surface area contributed by atoms with Crippen LogP contribution in [-0.2, 0) is 17.9 Å². The largest absolute Gasteiger partial charge is 0.351 e. The van der Waals surface area contributed by atoms with E-state index in [0.717, 1.165) is 32.7 Å². The van der Waals surface area contributed by atoms with Gasteiger partial charge in [0.1, 0.15) is 0 Å². The summed E-state index contributed by atoms with van der Waals surface area (Å²) in [7, 11) is 0. The van der Waals surface area contributed by atoms with Gasteiger partial charge < -0.3 is 10.6 Å². The van der Waals surface area contributed by atoms with Crippen LogP contribution in [0.5, 0.6) is 0 Å². The van der Waals surface area contributed by atoms with E-state index in [2.05, 4.69) is 44.7 Å². The van der Waals surface area contributed by atoms with E-state index in [0.29, 0.717) is 13.1 Å². The predicted octanol–water partition coefficient (Wildman–Crippen LogP) is 2.07. The molecule has 1 aromatic rings. The second-order valence-electron chi connectivity index (χ2n) is 6.60. The van der Waals surface area contributed by atoms with Gasteiger partial charge in [-0.15, -0.1) is 37.2 Å². The summed E-state index contributed by atoms with van der Waals surface area (Å²) in [6, 6.07) is 8.65. The highest BCUT2D eigenvalue weighted by molar-refractivity contribution is 5.86. The van der Waals surface area contributed by atoms with Crippen LogP contribution in [0.15, 0.2) is 24.3 Å². The third-order valence-corrected chi connectivity index (χ3v) is 4.69. The third-order valence-electron chi connectivity index (χ3n) is 4.69. The fourth-order valence-electron chi connectivity index (χ4n) is 3.29. The molecule has 0 aromatic heterocycles. The average molecular weight is 426 g/mol. The van der Waals surface area contributed by atoms with E-state index < -0.39 is 0 Å². The molecule has 0 unspecified atom stereocenters. The second kappa shape index (κ2) is 13.6. The van der Waals surface area contributed by atoms with Crippen LogP contribution in [0.1, 0.15) is 24.0 Å². The van der Waals surface area contributed by atoms with Gasteiger partial charge in [0.2, 0.25) is 5.91 Å². The van der Waals surface area contributed by atoms with Crippen molar-refractivity contribution in [1.29, 1.82) is 0 Å². The minimum Gasteiger partial charge on any atom is -0.351 e. The number of rotatable bonds is 6. The predicted molar refractivity (Wildman–Crippen MR) is 114 cm³/mol. The molecule has 0 saturated carbocycles. The summed E-state index contributed by atoms with van der Waals surface area (Å²) in [5.74, 6) is 0.119. The molecular weight excluding hydrogens is 395 g/mol. The highest BCUT2D eigenvalue weighted by atomic mass is 35.5. The molecule has 0 atom stereocenters. The van der Waals surface area contributed by atoms with Crippen LogP contribution in [0.3, 0.4) is 0 Å². The van der Waals surface area contributed by atoms with E-state index in [1.807, 2.05) is 0 Å². The molecule has 2 aliphatic heterocycles. The van der Waals surface area contributed by atoms with Crippen LogP contribution in [0, 0.1) is 0 Å². The molecule has 2 N–H and O–H groups in total. The van der Waals surface area contributed by atoms with Crippen molar-refractivity contribution in [3.05, 3.63) is 35.4 Å². The first-order valence-electron chi connectivity index (χ1n) is 8.79. The van der Waals surface area contributed by atoms with Crippen molar-refractivity contribution in [2.24, 2.45) is 0 Å². The van der Waals surface area contributed by atoms with Crippen molar-refractivity contribution in [1.82, 2.24) is 20.4 Å².